The molecular formula is C23H22FNO4. The smallest absolute Gasteiger partial charge is 0.367 e. The molecule has 1 heterocycles. The molecule has 0 saturated carbocycles. The van der Waals surface area contributed by atoms with Gasteiger partial charge in [-0.3, -0.25) is 0 Å². The van der Waals surface area contributed by atoms with Crippen molar-refractivity contribution in [3.63, 3.8) is 0 Å². The van der Waals surface area contributed by atoms with E-state index >= 15 is 0 Å². The molecule has 2 aromatic rings. The zero-order chi connectivity index (χ0) is 20.8. The summed E-state index contributed by atoms with van der Waals surface area (Å²) in [6.07, 6.45) is 3.96. The van der Waals surface area contributed by atoms with E-state index in [0.717, 1.165) is 11.1 Å². The SMILES string of the molecule is C=CCc1cc(/C=C2\C(=O)ON=C2C)cc(OCC)c1OCc1ccccc1F. The number of oxime groups is 1. The number of hydrogen-bond donors (Lipinski definition) is 0. The van der Waals surface area contributed by atoms with Crippen molar-refractivity contribution in [1.82, 2.24) is 0 Å². The Balaban J connectivity index is 1.99. The van der Waals surface area contributed by atoms with Gasteiger partial charge < -0.3 is 14.3 Å². The lowest BCUT2D eigenvalue weighted by molar-refractivity contribution is -0.136. The van der Waals surface area contributed by atoms with Gasteiger partial charge in [0.05, 0.1) is 17.9 Å². The largest absolute Gasteiger partial charge is 0.490 e. The van der Waals surface area contributed by atoms with Crippen LogP contribution in [0.5, 0.6) is 11.5 Å². The van der Waals surface area contributed by atoms with Crippen molar-refractivity contribution in [2.24, 2.45) is 5.16 Å². The van der Waals surface area contributed by atoms with Crippen molar-refractivity contribution in [2.45, 2.75) is 26.9 Å². The van der Waals surface area contributed by atoms with Gasteiger partial charge in [0, 0.05) is 11.1 Å². The average Bonchev–Trinajstić information content (AvgIpc) is 3.01. The summed E-state index contributed by atoms with van der Waals surface area (Å²) in [5.41, 5.74) is 2.91. The van der Waals surface area contributed by atoms with Crippen molar-refractivity contribution >= 4 is 17.8 Å². The number of rotatable bonds is 8. The Morgan fingerprint density at radius 2 is 2.00 bits per heavy atom. The minimum absolute atomic E-state index is 0.0649. The number of nitrogens with zero attached hydrogens (tertiary/aromatic N) is 1. The van der Waals surface area contributed by atoms with Gasteiger partial charge in [0.15, 0.2) is 11.5 Å². The van der Waals surface area contributed by atoms with E-state index < -0.39 is 5.97 Å². The van der Waals surface area contributed by atoms with E-state index in [-0.39, 0.29) is 12.4 Å². The lowest BCUT2D eigenvalue weighted by Gasteiger charge is -2.17. The lowest BCUT2D eigenvalue weighted by atomic mass is 10.0. The standard InChI is InChI=1S/C23H22FNO4/c1-4-8-17-11-16(12-19-15(3)25-29-23(19)26)13-21(27-5-2)22(17)28-14-18-9-6-7-10-20(18)24/h4,6-7,9-13H,1,5,8,14H2,2-3H3/b19-12-. The number of benzene rings is 2. The third kappa shape index (κ3) is 4.71. The number of hydrogen-bond acceptors (Lipinski definition) is 5. The van der Waals surface area contributed by atoms with Gasteiger partial charge >= 0.3 is 5.97 Å². The maximum atomic E-state index is 14.0. The molecule has 0 bridgehead atoms. The van der Waals surface area contributed by atoms with Crippen molar-refractivity contribution in [3.8, 4) is 11.5 Å². The molecule has 1 aliphatic rings. The van der Waals surface area contributed by atoms with E-state index in [9.17, 15) is 9.18 Å². The van der Waals surface area contributed by atoms with E-state index in [2.05, 4.69) is 11.7 Å². The van der Waals surface area contributed by atoms with Crippen molar-refractivity contribution < 1.29 is 23.5 Å². The molecular weight excluding hydrogens is 373 g/mol. The first-order chi connectivity index (χ1) is 14.0. The summed E-state index contributed by atoms with van der Waals surface area (Å²) in [5, 5.41) is 3.69. The van der Waals surface area contributed by atoms with Crippen molar-refractivity contribution in [1.29, 1.82) is 0 Å². The number of carbonyl (C=O) groups excluding carboxylic acids is 1. The number of allylic oxidation sites excluding steroid dienone is 1. The van der Waals surface area contributed by atoms with Crippen LogP contribution in [-0.4, -0.2) is 18.3 Å². The third-order valence-corrected chi connectivity index (χ3v) is 4.33. The lowest BCUT2D eigenvalue weighted by Crippen LogP contribution is -2.05. The Morgan fingerprint density at radius 3 is 2.66 bits per heavy atom. The highest BCUT2D eigenvalue weighted by Gasteiger charge is 2.22. The van der Waals surface area contributed by atoms with Crippen LogP contribution >= 0.6 is 0 Å². The monoisotopic (exact) mass is 395 g/mol. The number of carbonyl (C=O) groups is 1. The molecule has 150 valence electrons. The van der Waals surface area contributed by atoms with Crippen molar-refractivity contribution in [3.05, 3.63) is 77.1 Å². The van der Waals surface area contributed by atoms with Gasteiger partial charge in [-0.25, -0.2) is 9.18 Å². The molecule has 6 heteroatoms. The fourth-order valence-corrected chi connectivity index (χ4v) is 2.95. The fraction of sp³-hybridized carbons (Fsp3) is 0.217. The molecule has 0 spiro atoms. The van der Waals surface area contributed by atoms with Crippen LogP contribution in [0.1, 0.15) is 30.5 Å². The van der Waals surface area contributed by atoms with E-state index in [1.807, 2.05) is 13.0 Å². The first-order valence-corrected chi connectivity index (χ1v) is 9.28. The van der Waals surface area contributed by atoms with Crippen LogP contribution in [0.4, 0.5) is 4.39 Å². The molecule has 5 nitrogen and oxygen atoms in total. The van der Waals surface area contributed by atoms with Gasteiger partial charge in [-0.15, -0.1) is 6.58 Å². The Labute approximate surface area is 169 Å². The van der Waals surface area contributed by atoms with E-state index in [1.165, 1.54) is 6.07 Å². The molecule has 0 saturated heterocycles. The summed E-state index contributed by atoms with van der Waals surface area (Å²) in [6.45, 7) is 7.86. The molecule has 29 heavy (non-hydrogen) atoms. The minimum Gasteiger partial charge on any atom is -0.490 e. The normalized spacial score (nSPS) is 14.5. The Kier molecular flexibility index (Phi) is 6.44. The second-order valence-electron chi connectivity index (χ2n) is 6.43. The molecule has 0 unspecified atom stereocenters. The predicted molar refractivity (Wildman–Crippen MR) is 109 cm³/mol. The van der Waals surface area contributed by atoms with Crippen LogP contribution in [0.25, 0.3) is 6.08 Å². The van der Waals surface area contributed by atoms with Crippen LogP contribution in [-0.2, 0) is 22.7 Å². The Morgan fingerprint density at radius 1 is 1.21 bits per heavy atom. The van der Waals surface area contributed by atoms with Crippen LogP contribution in [0, 0.1) is 5.82 Å². The quantitative estimate of drug-likeness (QED) is 0.364. The van der Waals surface area contributed by atoms with Crippen LogP contribution < -0.4 is 9.47 Å². The maximum Gasteiger partial charge on any atom is 0.367 e. The molecule has 2 aromatic carbocycles. The summed E-state index contributed by atoms with van der Waals surface area (Å²) in [4.78, 5) is 16.6. The highest BCUT2D eigenvalue weighted by molar-refractivity contribution is 6.24. The van der Waals surface area contributed by atoms with Gasteiger partial charge in [-0.2, -0.15) is 0 Å². The van der Waals surface area contributed by atoms with E-state index in [4.69, 9.17) is 14.3 Å². The van der Waals surface area contributed by atoms with Crippen LogP contribution in [0.3, 0.4) is 0 Å². The summed E-state index contributed by atoms with van der Waals surface area (Å²) < 4.78 is 25.7. The first kappa shape index (κ1) is 20.3. The van der Waals surface area contributed by atoms with Gasteiger partial charge in [-0.1, -0.05) is 29.4 Å². The molecule has 0 aliphatic carbocycles. The topological polar surface area (TPSA) is 57.1 Å². The molecule has 0 N–H and O–H groups in total. The molecule has 0 aromatic heterocycles. The van der Waals surface area contributed by atoms with E-state index in [0.29, 0.717) is 41.4 Å². The van der Waals surface area contributed by atoms with Gasteiger partial charge in [-0.05, 0) is 50.1 Å². The average molecular weight is 395 g/mol. The predicted octanol–water partition coefficient (Wildman–Crippen LogP) is 4.85. The molecule has 0 fully saturated rings. The van der Waals surface area contributed by atoms with Gasteiger partial charge in [0.1, 0.15) is 12.4 Å². The molecule has 1 aliphatic heterocycles. The molecule has 3 rings (SSSR count). The van der Waals surface area contributed by atoms with E-state index in [1.54, 1.807) is 43.3 Å². The van der Waals surface area contributed by atoms with Crippen LogP contribution in [0.15, 0.2) is 59.8 Å². The maximum absolute atomic E-state index is 14.0. The van der Waals surface area contributed by atoms with Crippen LogP contribution in [0.2, 0.25) is 0 Å². The summed E-state index contributed by atoms with van der Waals surface area (Å²) in [6, 6.07) is 10.1. The van der Waals surface area contributed by atoms with Gasteiger partial charge in [0.2, 0.25) is 0 Å². The van der Waals surface area contributed by atoms with Gasteiger partial charge in [0.25, 0.3) is 0 Å². The molecule has 0 amide bonds. The second kappa shape index (κ2) is 9.19. The first-order valence-electron chi connectivity index (χ1n) is 9.28. The number of ether oxygens (including phenoxy) is 2. The highest BCUT2D eigenvalue weighted by Crippen LogP contribution is 2.35. The zero-order valence-corrected chi connectivity index (χ0v) is 16.4. The zero-order valence-electron chi connectivity index (χ0n) is 16.4. The summed E-state index contributed by atoms with van der Waals surface area (Å²) in [5.74, 6) is 0.213. The highest BCUT2D eigenvalue weighted by atomic mass is 19.1. The summed E-state index contributed by atoms with van der Waals surface area (Å²) in [7, 11) is 0. The Hall–Kier alpha value is -3.41. The Bertz CT molecular complexity index is 994. The molecule has 0 radical (unpaired) electrons. The number of halogens is 1. The second-order valence-corrected chi connectivity index (χ2v) is 6.43. The fourth-order valence-electron chi connectivity index (χ4n) is 2.95. The molecule has 0 atom stereocenters. The third-order valence-electron chi connectivity index (χ3n) is 4.33. The van der Waals surface area contributed by atoms with Crippen molar-refractivity contribution in [2.75, 3.05) is 6.61 Å². The minimum atomic E-state index is -0.495. The summed E-state index contributed by atoms with van der Waals surface area (Å²) >= 11 is 0.